The Labute approximate surface area is 216 Å². The number of halogens is 1. The van der Waals surface area contributed by atoms with Crippen molar-refractivity contribution in [2.24, 2.45) is 14.1 Å². The smallest absolute Gasteiger partial charge is 0.251 e. The van der Waals surface area contributed by atoms with E-state index in [0.29, 0.717) is 16.3 Å². The van der Waals surface area contributed by atoms with Crippen molar-refractivity contribution in [1.82, 2.24) is 14.1 Å². The van der Waals surface area contributed by atoms with Gasteiger partial charge in [0.25, 0.3) is 5.56 Å². The first-order chi connectivity index (χ1) is 17.4. The van der Waals surface area contributed by atoms with Gasteiger partial charge in [0, 0.05) is 40.1 Å². The van der Waals surface area contributed by atoms with Crippen LogP contribution in [0.25, 0.3) is 32.1 Å². The van der Waals surface area contributed by atoms with Gasteiger partial charge in [-0.25, -0.2) is 4.98 Å². The van der Waals surface area contributed by atoms with Crippen LogP contribution in [0.3, 0.4) is 0 Å². The predicted octanol–water partition coefficient (Wildman–Crippen LogP) is 6.09. The van der Waals surface area contributed by atoms with E-state index in [-0.39, 0.29) is 5.56 Å². The molecule has 0 fully saturated rings. The molecule has 3 aromatic heterocycles. The molecule has 1 atom stereocenters. The minimum Gasteiger partial charge on any atom is -0.374 e. The molecule has 0 amide bonds. The fourth-order valence-corrected chi connectivity index (χ4v) is 6.15. The summed E-state index contributed by atoms with van der Waals surface area (Å²) in [6.45, 7) is 0. The van der Waals surface area contributed by atoms with E-state index >= 15 is 0 Å². The molecule has 3 heterocycles. The van der Waals surface area contributed by atoms with E-state index in [1.165, 1.54) is 0 Å². The summed E-state index contributed by atoms with van der Waals surface area (Å²) in [5.41, 5.74) is 2.24. The Hall–Kier alpha value is -3.71. The lowest BCUT2D eigenvalue weighted by Crippen LogP contribution is -2.30. The molecule has 0 aliphatic carbocycles. The van der Waals surface area contributed by atoms with Gasteiger partial charge < -0.3 is 14.2 Å². The molecule has 0 saturated heterocycles. The zero-order valence-electron chi connectivity index (χ0n) is 19.6. The molecule has 0 bridgehead atoms. The number of rotatable bonds is 4. The summed E-state index contributed by atoms with van der Waals surface area (Å²) < 4.78 is 4.56. The Morgan fingerprint density at radius 1 is 0.972 bits per heavy atom. The molecule has 178 valence electrons. The summed E-state index contributed by atoms with van der Waals surface area (Å²) in [4.78, 5) is 17.9. The van der Waals surface area contributed by atoms with E-state index in [0.717, 1.165) is 37.0 Å². The number of nitrogens with zero attached hydrogens (tertiary/aromatic N) is 3. The van der Waals surface area contributed by atoms with Gasteiger partial charge >= 0.3 is 0 Å². The van der Waals surface area contributed by atoms with Crippen LogP contribution in [-0.4, -0.2) is 19.2 Å². The molecule has 3 aromatic carbocycles. The third-order valence-electron chi connectivity index (χ3n) is 6.79. The van der Waals surface area contributed by atoms with Crippen molar-refractivity contribution in [1.29, 1.82) is 0 Å². The first-order valence-corrected chi connectivity index (χ1v) is 12.6. The molecule has 5 nitrogen and oxygen atoms in total. The van der Waals surface area contributed by atoms with Crippen LogP contribution < -0.4 is 5.56 Å². The maximum Gasteiger partial charge on any atom is 0.251 e. The molecule has 36 heavy (non-hydrogen) atoms. The molecular formula is C29H22ClN3O2S. The summed E-state index contributed by atoms with van der Waals surface area (Å²) in [6, 6.07) is 25.0. The van der Waals surface area contributed by atoms with Crippen LogP contribution >= 0.6 is 22.9 Å². The lowest BCUT2D eigenvalue weighted by Gasteiger charge is -2.29. The van der Waals surface area contributed by atoms with E-state index in [9.17, 15) is 9.90 Å². The maximum atomic E-state index is 12.8. The summed E-state index contributed by atoms with van der Waals surface area (Å²) in [7, 11) is 3.64. The van der Waals surface area contributed by atoms with Crippen LogP contribution in [0, 0.1) is 0 Å². The Morgan fingerprint density at radius 3 is 2.47 bits per heavy atom. The number of benzene rings is 3. The van der Waals surface area contributed by atoms with Crippen LogP contribution in [0.2, 0.25) is 5.02 Å². The monoisotopic (exact) mass is 511 g/mol. The van der Waals surface area contributed by atoms with E-state index in [2.05, 4.69) is 11.1 Å². The van der Waals surface area contributed by atoms with Crippen LogP contribution in [0.15, 0.2) is 96.2 Å². The highest BCUT2D eigenvalue weighted by Gasteiger charge is 2.38. The van der Waals surface area contributed by atoms with Crippen molar-refractivity contribution in [3.05, 3.63) is 123 Å². The minimum atomic E-state index is -1.45. The highest BCUT2D eigenvalue weighted by Crippen LogP contribution is 2.43. The van der Waals surface area contributed by atoms with Gasteiger partial charge in [0.1, 0.15) is 0 Å². The van der Waals surface area contributed by atoms with E-state index in [4.69, 9.17) is 11.6 Å². The van der Waals surface area contributed by atoms with Gasteiger partial charge in [0.2, 0.25) is 0 Å². The Morgan fingerprint density at radius 2 is 1.75 bits per heavy atom. The Kier molecular flexibility index (Phi) is 5.34. The number of hydrogen-bond donors (Lipinski definition) is 1. The van der Waals surface area contributed by atoms with Gasteiger partial charge in [0.05, 0.1) is 23.7 Å². The Balaban J connectivity index is 1.66. The summed E-state index contributed by atoms with van der Waals surface area (Å²) >= 11 is 7.68. The zero-order valence-corrected chi connectivity index (χ0v) is 21.2. The molecule has 1 unspecified atom stereocenters. The van der Waals surface area contributed by atoms with Gasteiger partial charge in [-0.1, -0.05) is 48.0 Å². The second-order valence-corrected chi connectivity index (χ2v) is 10.5. The average Bonchev–Trinajstić information content (AvgIpc) is 3.53. The number of aliphatic hydroxyl groups is 1. The molecular weight excluding hydrogens is 490 g/mol. The standard InChI is InChI=1S/C29H22ClN3O2S/c1-32-17-31-16-26(32)29(35,27-13-19-5-3-4-6-25(19)36-27)20-9-12-24-23(14-20)22(15-28(34)33(24)2)18-7-10-21(30)11-8-18/h3-17,35H,1-2H3. The largest absolute Gasteiger partial charge is 0.374 e. The van der Waals surface area contributed by atoms with Crippen molar-refractivity contribution < 1.29 is 5.11 Å². The molecule has 0 saturated carbocycles. The third-order valence-corrected chi connectivity index (χ3v) is 8.27. The SMILES string of the molecule is Cn1cncc1C(O)(c1ccc2c(c1)c(-c1ccc(Cl)cc1)cc(=O)n2C)c1cc2ccccc2s1. The zero-order chi connectivity index (χ0) is 25.0. The van der Waals surface area contributed by atoms with Gasteiger partial charge in [-0.3, -0.25) is 4.79 Å². The van der Waals surface area contributed by atoms with Gasteiger partial charge in [0.15, 0.2) is 5.60 Å². The summed E-state index contributed by atoms with van der Waals surface area (Å²) in [5.74, 6) is 0. The predicted molar refractivity (Wildman–Crippen MR) is 147 cm³/mol. The number of aryl methyl sites for hydroxylation is 2. The minimum absolute atomic E-state index is 0.105. The lowest BCUT2D eigenvalue weighted by atomic mass is 9.86. The number of fused-ring (bicyclic) bond motifs is 2. The maximum absolute atomic E-state index is 12.8. The van der Waals surface area contributed by atoms with E-state index in [1.54, 1.807) is 41.5 Å². The normalized spacial score (nSPS) is 13.3. The first-order valence-electron chi connectivity index (χ1n) is 11.4. The number of imidazole rings is 1. The number of thiophene rings is 1. The van der Waals surface area contributed by atoms with Gasteiger partial charge in [-0.2, -0.15) is 0 Å². The third kappa shape index (κ3) is 3.49. The number of aromatic nitrogens is 3. The molecule has 6 rings (SSSR count). The highest BCUT2D eigenvalue weighted by molar-refractivity contribution is 7.19. The van der Waals surface area contributed by atoms with Crippen LogP contribution in [0.4, 0.5) is 0 Å². The van der Waals surface area contributed by atoms with E-state index < -0.39 is 5.60 Å². The van der Waals surface area contributed by atoms with Crippen molar-refractivity contribution in [3.63, 3.8) is 0 Å². The second-order valence-electron chi connectivity index (χ2n) is 8.94. The molecule has 6 aromatic rings. The summed E-state index contributed by atoms with van der Waals surface area (Å²) in [5, 5.41) is 15.1. The highest BCUT2D eigenvalue weighted by atomic mass is 35.5. The van der Waals surface area contributed by atoms with E-state index in [1.807, 2.05) is 78.3 Å². The van der Waals surface area contributed by atoms with Crippen molar-refractivity contribution >= 4 is 43.9 Å². The molecule has 1 N–H and O–H groups in total. The fraction of sp³-hybridized carbons (Fsp3) is 0.103. The van der Waals surface area contributed by atoms with Crippen LogP contribution in [-0.2, 0) is 19.7 Å². The fourth-order valence-electron chi connectivity index (χ4n) is 4.84. The second kappa shape index (κ2) is 8.45. The van der Waals surface area contributed by atoms with Crippen molar-refractivity contribution in [2.75, 3.05) is 0 Å². The quantitative estimate of drug-likeness (QED) is 0.311. The molecule has 0 spiro atoms. The van der Waals surface area contributed by atoms with Gasteiger partial charge in [-0.15, -0.1) is 11.3 Å². The molecule has 7 heteroatoms. The number of hydrogen-bond acceptors (Lipinski definition) is 4. The Bertz CT molecular complexity index is 1780. The van der Waals surface area contributed by atoms with Gasteiger partial charge in [-0.05, 0) is 58.5 Å². The molecule has 0 aliphatic rings. The van der Waals surface area contributed by atoms with Crippen molar-refractivity contribution in [2.45, 2.75) is 5.60 Å². The molecule has 0 radical (unpaired) electrons. The van der Waals surface area contributed by atoms with Crippen LogP contribution in [0.5, 0.6) is 0 Å². The topological polar surface area (TPSA) is 60.0 Å². The number of pyridine rings is 1. The first kappa shape index (κ1) is 22.7. The summed E-state index contributed by atoms with van der Waals surface area (Å²) in [6.07, 6.45) is 3.40. The molecule has 0 aliphatic heterocycles. The lowest BCUT2D eigenvalue weighted by molar-refractivity contribution is 0.121. The average molecular weight is 512 g/mol. The van der Waals surface area contributed by atoms with Crippen molar-refractivity contribution in [3.8, 4) is 11.1 Å². The van der Waals surface area contributed by atoms with Crippen LogP contribution in [0.1, 0.15) is 16.1 Å².